The third-order valence-corrected chi connectivity index (χ3v) is 5.05. The van der Waals surface area contributed by atoms with Crippen LogP contribution in [0.2, 0.25) is 0 Å². The first-order valence-corrected chi connectivity index (χ1v) is 8.75. The van der Waals surface area contributed by atoms with Crippen molar-refractivity contribution >= 4 is 29.0 Å². The Bertz CT molecular complexity index is 1230. The van der Waals surface area contributed by atoms with Crippen molar-refractivity contribution in [3.8, 4) is 23.0 Å². The summed E-state index contributed by atoms with van der Waals surface area (Å²) in [4.78, 5) is 16.6. The van der Waals surface area contributed by atoms with E-state index >= 15 is 0 Å². The topological polar surface area (TPSA) is 88.4 Å². The molecule has 7 heteroatoms. The lowest BCUT2D eigenvalue weighted by molar-refractivity contribution is 0.0224. The molecule has 136 valence electrons. The molecule has 0 saturated heterocycles. The Morgan fingerprint density at radius 2 is 1.75 bits per heavy atom. The second-order valence-corrected chi connectivity index (χ2v) is 6.62. The second-order valence-electron chi connectivity index (χ2n) is 6.44. The molecule has 2 aliphatic heterocycles. The Morgan fingerprint density at radius 1 is 0.964 bits per heavy atom. The largest absolute Gasteiger partial charge is 0.508 e. The standard InChI is InChI=1S/C21H11NO5S/c23-11-5-6-14-18(7-11)26-19-9-17(24)16(22-10-28)8-15(19)21(14)13-4-2-1-3-12(13)20(25)27-21/h1-9,23-24H. The summed E-state index contributed by atoms with van der Waals surface area (Å²) < 4.78 is 11.9. The molecule has 1 unspecified atom stereocenters. The number of aromatic hydroxyl groups is 2. The molecule has 1 spiro atoms. The van der Waals surface area contributed by atoms with Gasteiger partial charge in [-0.25, -0.2) is 4.79 Å². The van der Waals surface area contributed by atoms with E-state index in [0.717, 1.165) is 0 Å². The van der Waals surface area contributed by atoms with Crippen LogP contribution in [0.1, 0.15) is 27.0 Å². The summed E-state index contributed by atoms with van der Waals surface area (Å²) in [5.74, 6) is -0.0325. The normalized spacial score (nSPS) is 18.4. The van der Waals surface area contributed by atoms with E-state index in [4.69, 9.17) is 9.47 Å². The number of thiocarbonyl (C=S) groups is 1. The molecule has 0 radical (unpaired) electrons. The summed E-state index contributed by atoms with van der Waals surface area (Å²) in [6, 6.07) is 14.6. The first-order valence-electron chi connectivity index (χ1n) is 8.34. The molecule has 2 heterocycles. The van der Waals surface area contributed by atoms with Crippen molar-refractivity contribution < 1.29 is 24.5 Å². The number of rotatable bonds is 1. The zero-order valence-corrected chi connectivity index (χ0v) is 15.0. The number of isothiocyanates is 1. The Labute approximate surface area is 164 Å². The van der Waals surface area contributed by atoms with Crippen LogP contribution in [0.3, 0.4) is 0 Å². The molecule has 6 nitrogen and oxygen atoms in total. The molecule has 0 aliphatic carbocycles. The van der Waals surface area contributed by atoms with Gasteiger partial charge in [0.25, 0.3) is 0 Å². The van der Waals surface area contributed by atoms with E-state index in [-0.39, 0.29) is 22.9 Å². The molecule has 3 aromatic carbocycles. The molecule has 2 N–H and O–H groups in total. The molecule has 3 aromatic rings. The van der Waals surface area contributed by atoms with Gasteiger partial charge in [-0.15, -0.1) is 0 Å². The van der Waals surface area contributed by atoms with Crippen LogP contribution in [0, 0.1) is 0 Å². The van der Waals surface area contributed by atoms with Crippen LogP contribution >= 0.6 is 12.2 Å². The number of phenolic OH excluding ortho intramolecular Hbond substituents is 2. The number of ether oxygens (including phenoxy) is 2. The van der Waals surface area contributed by atoms with Crippen molar-refractivity contribution in [3.63, 3.8) is 0 Å². The van der Waals surface area contributed by atoms with Gasteiger partial charge in [-0.2, -0.15) is 4.99 Å². The van der Waals surface area contributed by atoms with E-state index in [1.54, 1.807) is 30.3 Å². The monoisotopic (exact) mass is 389 g/mol. The van der Waals surface area contributed by atoms with Gasteiger partial charge in [0.1, 0.15) is 28.7 Å². The summed E-state index contributed by atoms with van der Waals surface area (Å²) in [5, 5.41) is 22.4. The van der Waals surface area contributed by atoms with Gasteiger partial charge in [0, 0.05) is 23.3 Å². The summed E-state index contributed by atoms with van der Waals surface area (Å²) in [6.45, 7) is 0. The van der Waals surface area contributed by atoms with Gasteiger partial charge < -0.3 is 19.7 Å². The Hall–Kier alpha value is -3.67. The lowest BCUT2D eigenvalue weighted by atomic mass is 9.77. The third kappa shape index (κ3) is 2.05. The van der Waals surface area contributed by atoms with Gasteiger partial charge in [-0.05, 0) is 36.5 Å². The smallest absolute Gasteiger partial charge is 0.340 e. The van der Waals surface area contributed by atoms with Crippen molar-refractivity contribution in [2.75, 3.05) is 0 Å². The Morgan fingerprint density at radius 3 is 2.57 bits per heavy atom. The zero-order chi connectivity index (χ0) is 19.5. The molecule has 0 aromatic heterocycles. The minimum Gasteiger partial charge on any atom is -0.508 e. The highest BCUT2D eigenvalue weighted by Gasteiger charge is 2.53. The molecular formula is C21H11NO5S. The highest BCUT2D eigenvalue weighted by atomic mass is 32.1. The van der Waals surface area contributed by atoms with Gasteiger partial charge >= 0.3 is 5.97 Å². The second kappa shape index (κ2) is 5.66. The van der Waals surface area contributed by atoms with Crippen molar-refractivity contribution in [3.05, 3.63) is 76.9 Å². The molecule has 1 atom stereocenters. The fraction of sp³-hybridized carbons (Fsp3) is 0.0476. The predicted molar refractivity (Wildman–Crippen MR) is 103 cm³/mol. The number of esters is 1. The van der Waals surface area contributed by atoms with Crippen LogP contribution in [0.15, 0.2) is 59.6 Å². The Kier molecular flexibility index (Phi) is 3.34. The average molecular weight is 389 g/mol. The van der Waals surface area contributed by atoms with E-state index < -0.39 is 11.6 Å². The number of hydrogen-bond donors (Lipinski definition) is 2. The van der Waals surface area contributed by atoms with Crippen molar-refractivity contribution in [2.45, 2.75) is 5.60 Å². The number of carbonyl (C=O) groups is 1. The average Bonchev–Trinajstić information content (AvgIpc) is 2.97. The molecule has 5 rings (SSSR count). The summed E-state index contributed by atoms with van der Waals surface area (Å²) in [5.41, 5.74) is 0.995. The molecule has 28 heavy (non-hydrogen) atoms. The lowest BCUT2D eigenvalue weighted by Gasteiger charge is -2.36. The summed E-state index contributed by atoms with van der Waals surface area (Å²) in [6.07, 6.45) is 0. The molecule has 0 amide bonds. The van der Waals surface area contributed by atoms with E-state index in [9.17, 15) is 15.0 Å². The lowest BCUT2D eigenvalue weighted by Crippen LogP contribution is -2.32. The zero-order valence-electron chi connectivity index (χ0n) is 14.2. The van der Waals surface area contributed by atoms with Crippen LogP contribution in [0.4, 0.5) is 5.69 Å². The summed E-state index contributed by atoms with van der Waals surface area (Å²) >= 11 is 4.66. The van der Waals surface area contributed by atoms with Crippen LogP contribution in [0.5, 0.6) is 23.0 Å². The number of benzene rings is 3. The van der Waals surface area contributed by atoms with Crippen LogP contribution in [0.25, 0.3) is 0 Å². The first-order chi connectivity index (χ1) is 13.5. The predicted octanol–water partition coefficient (Wildman–Crippen LogP) is 4.40. The van der Waals surface area contributed by atoms with Gasteiger partial charge in [0.05, 0.1) is 16.3 Å². The summed E-state index contributed by atoms with van der Waals surface area (Å²) in [7, 11) is 0. The number of aliphatic imine (C=N–C) groups is 1. The van der Waals surface area contributed by atoms with Gasteiger partial charge in [-0.3, -0.25) is 0 Å². The molecule has 0 fully saturated rings. The fourth-order valence-electron chi connectivity index (χ4n) is 3.82. The number of carbonyl (C=O) groups excluding carboxylic acids is 1. The fourth-order valence-corrected chi connectivity index (χ4v) is 3.92. The quantitative estimate of drug-likeness (QED) is 0.364. The number of fused-ring (bicyclic) bond motifs is 6. The maximum absolute atomic E-state index is 12.7. The minimum atomic E-state index is -1.30. The molecular weight excluding hydrogens is 378 g/mol. The molecule has 2 aliphatic rings. The van der Waals surface area contributed by atoms with E-state index in [2.05, 4.69) is 22.4 Å². The van der Waals surface area contributed by atoms with Gasteiger partial charge in [0.2, 0.25) is 0 Å². The van der Waals surface area contributed by atoms with E-state index in [1.165, 1.54) is 18.2 Å². The van der Waals surface area contributed by atoms with Crippen LogP contribution < -0.4 is 4.74 Å². The first kappa shape index (κ1) is 16.5. The van der Waals surface area contributed by atoms with Crippen molar-refractivity contribution in [1.82, 2.24) is 0 Å². The minimum absolute atomic E-state index is 0.00103. The maximum atomic E-state index is 12.7. The highest BCUT2D eigenvalue weighted by Crippen LogP contribution is 2.58. The molecule has 0 saturated carbocycles. The number of hydrogen-bond acceptors (Lipinski definition) is 7. The van der Waals surface area contributed by atoms with Crippen molar-refractivity contribution in [2.24, 2.45) is 4.99 Å². The molecule has 0 bridgehead atoms. The van der Waals surface area contributed by atoms with E-state index in [1.807, 2.05) is 6.07 Å². The van der Waals surface area contributed by atoms with Crippen LogP contribution in [-0.2, 0) is 10.3 Å². The Balaban J connectivity index is 1.91. The number of nitrogens with zero attached hydrogens (tertiary/aromatic N) is 1. The number of phenols is 2. The SMILES string of the molecule is O=C1OC2(c3ccc(O)cc3Oc3cc(O)c(N=C=S)cc32)c2ccccc21. The highest BCUT2D eigenvalue weighted by molar-refractivity contribution is 7.78. The third-order valence-electron chi connectivity index (χ3n) is 4.96. The maximum Gasteiger partial charge on any atom is 0.340 e. The van der Waals surface area contributed by atoms with Gasteiger partial charge in [-0.1, -0.05) is 18.2 Å². The van der Waals surface area contributed by atoms with Gasteiger partial charge in [0.15, 0.2) is 5.60 Å². The van der Waals surface area contributed by atoms with Crippen molar-refractivity contribution in [1.29, 1.82) is 0 Å². The van der Waals surface area contributed by atoms with Crippen LogP contribution in [-0.4, -0.2) is 21.3 Å². The van der Waals surface area contributed by atoms with E-state index in [0.29, 0.717) is 28.0 Å².